The van der Waals surface area contributed by atoms with Gasteiger partial charge in [0.2, 0.25) is 10.0 Å². The maximum absolute atomic E-state index is 14.2. The molecule has 29 heavy (non-hydrogen) atoms. The molecule has 0 saturated carbocycles. The van der Waals surface area contributed by atoms with Crippen molar-refractivity contribution in [1.82, 2.24) is 9.29 Å². The second-order valence-electron chi connectivity index (χ2n) is 6.35. The molecule has 1 amide bonds. The smallest absolute Gasteiger partial charge is 0.257 e. The Morgan fingerprint density at radius 3 is 2.66 bits per heavy atom. The highest BCUT2D eigenvalue weighted by molar-refractivity contribution is 7.89. The van der Waals surface area contributed by atoms with Gasteiger partial charge in [0, 0.05) is 24.0 Å². The zero-order valence-electron chi connectivity index (χ0n) is 14.9. The summed E-state index contributed by atoms with van der Waals surface area (Å²) < 4.78 is 41.5. The van der Waals surface area contributed by atoms with Gasteiger partial charge < -0.3 is 0 Å². The molecule has 11 heteroatoms. The van der Waals surface area contributed by atoms with Crippen molar-refractivity contribution in [3.8, 4) is 10.6 Å². The molecule has 0 bridgehead atoms. The molecule has 1 saturated heterocycles. The molecule has 152 valence electrons. The molecule has 0 spiro atoms. The highest BCUT2D eigenvalue weighted by Gasteiger charge is 2.30. The molecule has 1 aliphatic rings. The Kier molecular flexibility index (Phi) is 5.71. The molecule has 1 N–H and O–H groups in total. The predicted molar refractivity (Wildman–Crippen MR) is 113 cm³/mol. The van der Waals surface area contributed by atoms with E-state index in [9.17, 15) is 17.6 Å². The molecule has 0 atom stereocenters. The molecule has 1 fully saturated rings. The molecule has 1 aliphatic heterocycles. The maximum atomic E-state index is 14.2. The molecule has 2 aromatic heterocycles. The fraction of sp³-hybridized carbons (Fsp3) is 0.222. The van der Waals surface area contributed by atoms with Crippen LogP contribution in [0.25, 0.3) is 10.6 Å². The molecule has 4 rings (SSSR count). The standard InChI is InChI=1S/C18H15ClFN3O3S3/c19-16-6-5-14(28-16)13-10-27-18(21-13)22-17(24)11-3-4-12(20)15(9-11)29(25,26)23-7-1-2-8-23/h3-6,9-10H,1-2,7-8H2,(H,21,22,24). The van der Waals surface area contributed by atoms with Crippen LogP contribution in [0.4, 0.5) is 9.52 Å². The van der Waals surface area contributed by atoms with Crippen LogP contribution < -0.4 is 5.32 Å². The Balaban J connectivity index is 1.56. The van der Waals surface area contributed by atoms with Gasteiger partial charge in [-0.15, -0.1) is 22.7 Å². The largest absolute Gasteiger partial charge is 0.298 e. The van der Waals surface area contributed by atoms with Crippen LogP contribution in [0.1, 0.15) is 23.2 Å². The number of anilines is 1. The summed E-state index contributed by atoms with van der Waals surface area (Å²) in [6.07, 6.45) is 1.48. The number of rotatable bonds is 5. The van der Waals surface area contributed by atoms with E-state index in [1.54, 1.807) is 11.4 Å². The first kappa shape index (κ1) is 20.4. The summed E-state index contributed by atoms with van der Waals surface area (Å²) in [5.74, 6) is -1.44. The Labute approximate surface area is 180 Å². The average molecular weight is 472 g/mol. The average Bonchev–Trinajstić information content (AvgIpc) is 3.43. The van der Waals surface area contributed by atoms with Crippen LogP contribution >= 0.6 is 34.3 Å². The minimum Gasteiger partial charge on any atom is -0.298 e. The first-order valence-electron chi connectivity index (χ1n) is 8.67. The van der Waals surface area contributed by atoms with Crippen molar-refractivity contribution in [2.75, 3.05) is 18.4 Å². The number of carbonyl (C=O) groups is 1. The Morgan fingerprint density at radius 2 is 1.97 bits per heavy atom. The van der Waals surface area contributed by atoms with E-state index < -0.39 is 26.6 Å². The van der Waals surface area contributed by atoms with Crippen molar-refractivity contribution in [2.24, 2.45) is 0 Å². The number of halogens is 2. The van der Waals surface area contributed by atoms with Gasteiger partial charge in [-0.05, 0) is 43.2 Å². The van der Waals surface area contributed by atoms with Crippen molar-refractivity contribution in [1.29, 1.82) is 0 Å². The van der Waals surface area contributed by atoms with Crippen LogP contribution in [0.3, 0.4) is 0 Å². The van der Waals surface area contributed by atoms with Crippen LogP contribution in [-0.4, -0.2) is 36.7 Å². The third-order valence-corrected chi connectivity index (χ3v) is 8.35. The number of nitrogens with zero attached hydrogens (tertiary/aromatic N) is 2. The van der Waals surface area contributed by atoms with E-state index in [1.807, 2.05) is 6.07 Å². The molecule has 6 nitrogen and oxygen atoms in total. The lowest BCUT2D eigenvalue weighted by Crippen LogP contribution is -2.29. The summed E-state index contributed by atoms with van der Waals surface area (Å²) in [5, 5.41) is 4.77. The molecular weight excluding hydrogens is 457 g/mol. The number of thiazole rings is 1. The molecule has 0 radical (unpaired) electrons. The Bertz CT molecular complexity index is 1170. The summed E-state index contributed by atoms with van der Waals surface area (Å²) in [7, 11) is -3.97. The number of carbonyl (C=O) groups excluding carboxylic acids is 1. The van der Waals surface area contributed by atoms with E-state index >= 15 is 0 Å². The van der Waals surface area contributed by atoms with E-state index in [4.69, 9.17) is 11.6 Å². The summed E-state index contributed by atoms with van der Waals surface area (Å²) >= 11 is 8.54. The number of hydrogen-bond donors (Lipinski definition) is 1. The van der Waals surface area contributed by atoms with Crippen LogP contribution in [0, 0.1) is 5.82 Å². The van der Waals surface area contributed by atoms with Gasteiger partial charge >= 0.3 is 0 Å². The third kappa shape index (κ3) is 4.22. The van der Waals surface area contributed by atoms with E-state index in [-0.39, 0.29) is 5.56 Å². The van der Waals surface area contributed by atoms with Gasteiger partial charge in [-0.25, -0.2) is 17.8 Å². The normalized spacial score (nSPS) is 15.0. The SMILES string of the molecule is O=C(Nc1nc(-c2ccc(Cl)s2)cs1)c1ccc(F)c(S(=O)(=O)N2CCCC2)c1. The second kappa shape index (κ2) is 8.11. The van der Waals surface area contributed by atoms with Crippen LogP contribution in [0.5, 0.6) is 0 Å². The van der Waals surface area contributed by atoms with E-state index in [1.165, 1.54) is 33.0 Å². The molecule has 0 unspecified atom stereocenters. The molecular formula is C18H15ClFN3O3S3. The topological polar surface area (TPSA) is 79.4 Å². The fourth-order valence-electron chi connectivity index (χ4n) is 2.98. The van der Waals surface area contributed by atoms with Gasteiger partial charge in [-0.1, -0.05) is 11.6 Å². The lowest BCUT2D eigenvalue weighted by Gasteiger charge is -2.16. The lowest BCUT2D eigenvalue weighted by atomic mass is 10.2. The number of thiophene rings is 1. The van der Waals surface area contributed by atoms with Gasteiger partial charge in [-0.3, -0.25) is 10.1 Å². The monoisotopic (exact) mass is 471 g/mol. The highest BCUT2D eigenvalue weighted by Crippen LogP contribution is 2.33. The summed E-state index contributed by atoms with van der Waals surface area (Å²) in [5.41, 5.74) is 0.721. The predicted octanol–water partition coefficient (Wildman–Crippen LogP) is 4.70. The summed E-state index contributed by atoms with van der Waals surface area (Å²) in [6, 6.07) is 6.93. The van der Waals surface area contributed by atoms with Crippen molar-refractivity contribution in [3.63, 3.8) is 0 Å². The first-order valence-corrected chi connectivity index (χ1v) is 12.2. The van der Waals surface area contributed by atoms with Crippen molar-refractivity contribution in [3.05, 3.63) is 51.4 Å². The molecule has 1 aromatic carbocycles. The van der Waals surface area contributed by atoms with Crippen molar-refractivity contribution < 1.29 is 17.6 Å². The minimum absolute atomic E-state index is 0.0417. The van der Waals surface area contributed by atoms with Crippen molar-refractivity contribution >= 4 is 55.3 Å². The van der Waals surface area contributed by atoms with Gasteiger partial charge in [0.25, 0.3) is 5.91 Å². The van der Waals surface area contributed by atoms with E-state index in [2.05, 4.69) is 10.3 Å². The fourth-order valence-corrected chi connectivity index (χ4v) is 6.37. The molecule has 3 aromatic rings. The lowest BCUT2D eigenvalue weighted by molar-refractivity contribution is 0.102. The number of aromatic nitrogens is 1. The maximum Gasteiger partial charge on any atom is 0.257 e. The Morgan fingerprint density at radius 1 is 1.21 bits per heavy atom. The number of sulfonamides is 1. The number of amides is 1. The quantitative estimate of drug-likeness (QED) is 0.584. The van der Waals surface area contributed by atoms with Crippen LogP contribution in [-0.2, 0) is 10.0 Å². The summed E-state index contributed by atoms with van der Waals surface area (Å²) in [6.45, 7) is 0.708. The van der Waals surface area contributed by atoms with Gasteiger partial charge in [0.05, 0.1) is 14.9 Å². The van der Waals surface area contributed by atoms with E-state index in [0.717, 1.165) is 29.9 Å². The van der Waals surface area contributed by atoms with Crippen LogP contribution in [0.15, 0.2) is 40.6 Å². The van der Waals surface area contributed by atoms with Crippen LogP contribution in [0.2, 0.25) is 4.34 Å². The Hall–Kier alpha value is -1.85. The highest BCUT2D eigenvalue weighted by atomic mass is 35.5. The second-order valence-corrected chi connectivity index (χ2v) is 10.8. The number of hydrogen-bond acceptors (Lipinski definition) is 6. The minimum atomic E-state index is -3.97. The first-order chi connectivity index (χ1) is 13.8. The zero-order chi connectivity index (χ0) is 20.6. The van der Waals surface area contributed by atoms with Gasteiger partial charge in [0.15, 0.2) is 5.13 Å². The number of nitrogens with one attached hydrogen (secondary N) is 1. The zero-order valence-corrected chi connectivity index (χ0v) is 18.1. The third-order valence-electron chi connectivity index (χ3n) is 4.43. The van der Waals surface area contributed by atoms with Gasteiger partial charge in [-0.2, -0.15) is 4.31 Å². The number of benzene rings is 1. The molecule has 0 aliphatic carbocycles. The van der Waals surface area contributed by atoms with Crippen molar-refractivity contribution in [2.45, 2.75) is 17.7 Å². The molecule has 3 heterocycles. The van der Waals surface area contributed by atoms with Gasteiger partial charge in [0.1, 0.15) is 10.7 Å². The summed E-state index contributed by atoms with van der Waals surface area (Å²) in [4.78, 5) is 17.3. The van der Waals surface area contributed by atoms with E-state index in [0.29, 0.717) is 28.3 Å².